The molecule has 0 aliphatic carbocycles. The van der Waals surface area contributed by atoms with Crippen LogP contribution in [-0.4, -0.2) is 60.9 Å². The first-order valence-corrected chi connectivity index (χ1v) is 6.18. The van der Waals surface area contributed by atoms with Crippen molar-refractivity contribution in [3.05, 3.63) is 0 Å². The maximum Gasteiger partial charge on any atom is 0.254 e. The van der Waals surface area contributed by atoms with Crippen molar-refractivity contribution in [2.75, 3.05) is 32.9 Å². The Morgan fingerprint density at radius 3 is 2.94 bits per heavy atom. The van der Waals surface area contributed by atoms with Crippen LogP contribution in [0.3, 0.4) is 0 Å². The second-order valence-electron chi connectivity index (χ2n) is 4.58. The quantitative estimate of drug-likeness (QED) is 0.297. The van der Waals surface area contributed by atoms with E-state index in [1.165, 1.54) is 0 Å². The van der Waals surface area contributed by atoms with Crippen molar-refractivity contribution in [1.29, 1.82) is 0 Å². The van der Waals surface area contributed by atoms with Gasteiger partial charge in [0.2, 0.25) is 0 Å². The van der Waals surface area contributed by atoms with Crippen LogP contribution in [0.4, 0.5) is 0 Å². The lowest BCUT2D eigenvalue weighted by Crippen LogP contribution is -2.50. The molecule has 0 spiro atoms. The molecule has 0 saturated carbocycles. The fourth-order valence-electron chi connectivity index (χ4n) is 2.33. The Morgan fingerprint density at radius 1 is 1.44 bits per heavy atom. The molecule has 2 aliphatic rings. The molecule has 2 atom stereocenters. The number of nitrogens with zero attached hydrogens (tertiary/aromatic N) is 2. The molecule has 18 heavy (non-hydrogen) atoms. The van der Waals surface area contributed by atoms with Crippen LogP contribution < -0.4 is 5.73 Å². The number of hydrogen-bond donors (Lipinski definition) is 2. The summed E-state index contributed by atoms with van der Waals surface area (Å²) in [6.45, 7) is 2.47. The van der Waals surface area contributed by atoms with Gasteiger partial charge < -0.3 is 25.3 Å². The zero-order chi connectivity index (χ0) is 13.0. The van der Waals surface area contributed by atoms with Crippen LogP contribution in [0.5, 0.6) is 0 Å². The first kappa shape index (κ1) is 13.1. The number of nitrogens with two attached hydrogens (primary N) is 1. The number of piperidine rings is 1. The van der Waals surface area contributed by atoms with Gasteiger partial charge in [-0.3, -0.25) is 4.79 Å². The molecule has 7 heteroatoms. The molecule has 2 unspecified atom stereocenters. The summed E-state index contributed by atoms with van der Waals surface area (Å²) in [6, 6.07) is 0. The molecular weight excluding hydrogens is 238 g/mol. The molecule has 102 valence electrons. The highest BCUT2D eigenvalue weighted by Gasteiger charge is 2.32. The summed E-state index contributed by atoms with van der Waals surface area (Å²) in [6.07, 6.45) is 1.17. The smallest absolute Gasteiger partial charge is 0.254 e. The summed E-state index contributed by atoms with van der Waals surface area (Å²) in [4.78, 5) is 13.9. The molecule has 2 heterocycles. The fourth-order valence-corrected chi connectivity index (χ4v) is 2.33. The Bertz CT molecular complexity index is 328. The van der Waals surface area contributed by atoms with Crippen molar-refractivity contribution in [2.45, 2.75) is 18.9 Å². The summed E-state index contributed by atoms with van der Waals surface area (Å²) < 4.78 is 10.6. The second kappa shape index (κ2) is 6.01. The Labute approximate surface area is 106 Å². The topological polar surface area (TPSA) is 97.4 Å². The van der Waals surface area contributed by atoms with Crippen LogP contribution in [0.1, 0.15) is 12.8 Å². The maximum atomic E-state index is 12.2. The minimum atomic E-state index is -0.509. The normalized spacial score (nSPS) is 30.2. The number of hydrogen-bond acceptors (Lipinski definition) is 5. The number of oxime groups is 1. The number of ether oxygens (including phenoxy) is 2. The summed E-state index contributed by atoms with van der Waals surface area (Å²) in [5.74, 6) is 0.0515. The molecule has 2 fully saturated rings. The maximum absolute atomic E-state index is 12.2. The van der Waals surface area contributed by atoms with Crippen LogP contribution in [0.15, 0.2) is 5.16 Å². The lowest BCUT2D eigenvalue weighted by molar-refractivity contribution is -0.159. The van der Waals surface area contributed by atoms with Crippen LogP contribution in [0, 0.1) is 5.92 Å². The van der Waals surface area contributed by atoms with Gasteiger partial charge >= 0.3 is 0 Å². The van der Waals surface area contributed by atoms with Crippen LogP contribution in [0.25, 0.3) is 0 Å². The van der Waals surface area contributed by atoms with E-state index in [-0.39, 0.29) is 17.7 Å². The number of rotatable bonds is 2. The molecule has 0 aromatic carbocycles. The zero-order valence-electron chi connectivity index (χ0n) is 10.2. The van der Waals surface area contributed by atoms with E-state index in [2.05, 4.69) is 5.16 Å². The van der Waals surface area contributed by atoms with Gasteiger partial charge in [0.25, 0.3) is 5.91 Å². The first-order chi connectivity index (χ1) is 8.72. The minimum absolute atomic E-state index is 0.0647. The van der Waals surface area contributed by atoms with Crippen molar-refractivity contribution < 1.29 is 19.5 Å². The largest absolute Gasteiger partial charge is 0.409 e. The van der Waals surface area contributed by atoms with E-state index in [0.717, 1.165) is 12.8 Å². The van der Waals surface area contributed by atoms with Gasteiger partial charge in [0, 0.05) is 19.0 Å². The fraction of sp³-hybridized carbons (Fsp3) is 0.818. The Hall–Kier alpha value is -1.34. The first-order valence-electron chi connectivity index (χ1n) is 6.18. The van der Waals surface area contributed by atoms with E-state index in [1.54, 1.807) is 4.90 Å². The molecule has 0 bridgehead atoms. The number of carbonyl (C=O) groups is 1. The molecule has 2 rings (SSSR count). The van der Waals surface area contributed by atoms with Gasteiger partial charge in [-0.05, 0) is 12.8 Å². The zero-order valence-corrected chi connectivity index (χ0v) is 10.2. The molecule has 0 aromatic heterocycles. The van der Waals surface area contributed by atoms with Gasteiger partial charge in [0.05, 0.1) is 19.8 Å². The van der Waals surface area contributed by atoms with Gasteiger partial charge in [-0.2, -0.15) is 0 Å². The number of carbonyl (C=O) groups excluding carboxylic acids is 1. The Balaban J connectivity index is 1.93. The highest BCUT2D eigenvalue weighted by molar-refractivity contribution is 5.85. The van der Waals surface area contributed by atoms with Crippen LogP contribution >= 0.6 is 0 Å². The summed E-state index contributed by atoms with van der Waals surface area (Å²) in [7, 11) is 0. The lowest BCUT2D eigenvalue weighted by atomic mass is 9.96. The SMILES string of the molecule is NC(=NO)C1CCCN(C(=O)C2COCCO2)C1. The molecular formula is C11H19N3O4. The predicted molar refractivity (Wildman–Crippen MR) is 63.3 cm³/mol. The van der Waals surface area contributed by atoms with Crippen molar-refractivity contribution in [3.63, 3.8) is 0 Å². The number of likely N-dealkylation sites (tertiary alicyclic amines) is 1. The highest BCUT2D eigenvalue weighted by atomic mass is 16.6. The Morgan fingerprint density at radius 2 is 2.28 bits per heavy atom. The minimum Gasteiger partial charge on any atom is -0.409 e. The molecule has 0 aromatic rings. The third-order valence-corrected chi connectivity index (χ3v) is 3.36. The molecule has 3 N–H and O–H groups in total. The van der Waals surface area contributed by atoms with Gasteiger partial charge in [-0.1, -0.05) is 5.16 Å². The standard InChI is InChI=1S/C11H19N3O4/c12-10(13-16)8-2-1-3-14(6-8)11(15)9-7-17-4-5-18-9/h8-9,16H,1-7H2,(H2,12,13). The van der Waals surface area contributed by atoms with Crippen molar-refractivity contribution >= 4 is 11.7 Å². The van der Waals surface area contributed by atoms with Gasteiger partial charge in [-0.25, -0.2) is 0 Å². The van der Waals surface area contributed by atoms with Crippen LogP contribution in [0.2, 0.25) is 0 Å². The van der Waals surface area contributed by atoms with E-state index in [9.17, 15) is 4.79 Å². The number of amidine groups is 1. The van der Waals surface area contributed by atoms with Gasteiger partial charge in [-0.15, -0.1) is 0 Å². The molecule has 2 aliphatic heterocycles. The van der Waals surface area contributed by atoms with Gasteiger partial charge in [0.15, 0.2) is 6.10 Å². The monoisotopic (exact) mass is 257 g/mol. The van der Waals surface area contributed by atoms with E-state index in [4.69, 9.17) is 20.4 Å². The predicted octanol–water partition coefficient (Wildman–Crippen LogP) is -0.613. The van der Waals surface area contributed by atoms with Gasteiger partial charge in [0.1, 0.15) is 5.84 Å². The van der Waals surface area contributed by atoms with E-state index >= 15 is 0 Å². The lowest BCUT2D eigenvalue weighted by Gasteiger charge is -2.35. The van der Waals surface area contributed by atoms with E-state index in [1.807, 2.05) is 0 Å². The van der Waals surface area contributed by atoms with E-state index < -0.39 is 6.10 Å². The van der Waals surface area contributed by atoms with Crippen molar-refractivity contribution in [1.82, 2.24) is 4.90 Å². The number of amides is 1. The second-order valence-corrected chi connectivity index (χ2v) is 4.58. The third-order valence-electron chi connectivity index (χ3n) is 3.36. The van der Waals surface area contributed by atoms with E-state index in [0.29, 0.717) is 32.9 Å². The Kier molecular flexibility index (Phi) is 4.38. The van der Waals surface area contributed by atoms with Crippen molar-refractivity contribution in [3.8, 4) is 0 Å². The highest BCUT2D eigenvalue weighted by Crippen LogP contribution is 2.18. The van der Waals surface area contributed by atoms with Crippen molar-refractivity contribution in [2.24, 2.45) is 16.8 Å². The average Bonchev–Trinajstić information content (AvgIpc) is 2.46. The third kappa shape index (κ3) is 2.91. The summed E-state index contributed by atoms with van der Waals surface area (Å²) in [5.41, 5.74) is 5.59. The summed E-state index contributed by atoms with van der Waals surface area (Å²) in [5, 5.41) is 11.7. The molecule has 7 nitrogen and oxygen atoms in total. The average molecular weight is 257 g/mol. The molecule has 1 amide bonds. The molecule has 0 radical (unpaired) electrons. The summed E-state index contributed by atoms with van der Waals surface area (Å²) >= 11 is 0. The van der Waals surface area contributed by atoms with Crippen LogP contribution in [-0.2, 0) is 14.3 Å². The molecule has 2 saturated heterocycles.